The van der Waals surface area contributed by atoms with Gasteiger partial charge in [-0.2, -0.15) is 0 Å². The summed E-state index contributed by atoms with van der Waals surface area (Å²) in [5.74, 6) is 1.79. The number of methoxy groups -OCH3 is 1. The van der Waals surface area contributed by atoms with Crippen LogP contribution in [0.2, 0.25) is 0 Å². The van der Waals surface area contributed by atoms with Crippen molar-refractivity contribution in [2.24, 2.45) is 0 Å². The molecule has 2 aliphatic rings. The maximum Gasteiger partial charge on any atom is 0.210 e. The van der Waals surface area contributed by atoms with E-state index in [2.05, 4.69) is 42.7 Å². The third-order valence-corrected chi connectivity index (χ3v) is 6.96. The van der Waals surface area contributed by atoms with Gasteiger partial charge in [0.15, 0.2) is 5.60 Å². The molecular formula is C25H32N2O3. The van der Waals surface area contributed by atoms with E-state index in [0.717, 1.165) is 54.4 Å². The molecule has 0 aromatic heterocycles. The second kappa shape index (κ2) is 7.53. The van der Waals surface area contributed by atoms with Crippen molar-refractivity contribution in [3.8, 4) is 11.5 Å². The fourth-order valence-corrected chi connectivity index (χ4v) is 4.73. The Labute approximate surface area is 179 Å². The molecule has 0 radical (unpaired) electrons. The molecule has 0 aliphatic carbocycles. The molecule has 2 heterocycles. The quantitative estimate of drug-likeness (QED) is 0.734. The van der Waals surface area contributed by atoms with Crippen molar-refractivity contribution >= 4 is 17.2 Å². The van der Waals surface area contributed by atoms with Crippen LogP contribution in [0.15, 0.2) is 24.3 Å². The highest BCUT2D eigenvalue weighted by molar-refractivity contribution is 6.10. The summed E-state index contributed by atoms with van der Waals surface area (Å²) in [5.41, 5.74) is 5.85. The number of ether oxygens (including phenoxy) is 2. The zero-order chi connectivity index (χ0) is 21.6. The molecule has 0 N–H and O–H groups in total. The molecule has 1 fully saturated rings. The molecule has 1 saturated heterocycles. The molecule has 1 atom stereocenters. The monoisotopic (exact) mass is 408 g/mol. The van der Waals surface area contributed by atoms with E-state index in [1.165, 1.54) is 16.9 Å². The summed E-state index contributed by atoms with van der Waals surface area (Å²) in [5, 5.41) is 0. The Bertz CT molecular complexity index is 975. The van der Waals surface area contributed by atoms with Crippen molar-refractivity contribution in [1.82, 2.24) is 0 Å². The van der Waals surface area contributed by atoms with Crippen molar-refractivity contribution in [2.75, 3.05) is 43.1 Å². The molecule has 2 aromatic carbocycles. The van der Waals surface area contributed by atoms with Crippen molar-refractivity contribution in [3.05, 3.63) is 46.5 Å². The van der Waals surface area contributed by atoms with Crippen molar-refractivity contribution in [2.45, 2.75) is 46.6 Å². The third kappa shape index (κ3) is 3.11. The average Bonchev–Trinajstić information content (AvgIpc) is 3.04. The predicted molar refractivity (Wildman–Crippen MR) is 122 cm³/mol. The maximum atomic E-state index is 13.2. The minimum absolute atomic E-state index is 0.124. The Morgan fingerprint density at radius 2 is 1.57 bits per heavy atom. The molecule has 4 rings (SSSR count). The number of carbonyl (C=O) groups is 1. The topological polar surface area (TPSA) is 42.0 Å². The lowest BCUT2D eigenvalue weighted by molar-refractivity contribution is 0.0612. The Hall–Kier alpha value is -2.69. The van der Waals surface area contributed by atoms with E-state index in [1.807, 2.05) is 26.0 Å². The number of rotatable bonds is 4. The summed E-state index contributed by atoms with van der Waals surface area (Å²) in [6.45, 7) is 14.0. The van der Waals surface area contributed by atoms with Gasteiger partial charge in [-0.15, -0.1) is 0 Å². The Morgan fingerprint density at radius 3 is 2.13 bits per heavy atom. The molecule has 0 bridgehead atoms. The van der Waals surface area contributed by atoms with E-state index >= 15 is 0 Å². The van der Waals surface area contributed by atoms with Crippen LogP contribution < -0.4 is 19.3 Å². The Morgan fingerprint density at radius 1 is 0.967 bits per heavy atom. The number of Topliss-reactive ketones (excluding diaryl/α,β-unsaturated/α-hetero) is 1. The number of nitrogens with zero attached hydrogens (tertiary/aromatic N) is 2. The maximum absolute atomic E-state index is 13.2. The van der Waals surface area contributed by atoms with Crippen LogP contribution in [0.1, 0.15) is 47.3 Å². The second-order valence-electron chi connectivity index (χ2n) is 8.62. The lowest BCUT2D eigenvalue weighted by Crippen LogP contribution is -2.47. The first-order valence-electron chi connectivity index (χ1n) is 10.8. The molecule has 5 nitrogen and oxygen atoms in total. The molecule has 0 amide bonds. The predicted octanol–water partition coefficient (Wildman–Crippen LogP) is 4.69. The van der Waals surface area contributed by atoms with Crippen LogP contribution in [0.4, 0.5) is 11.4 Å². The first-order valence-corrected chi connectivity index (χ1v) is 10.8. The van der Waals surface area contributed by atoms with Gasteiger partial charge in [0.2, 0.25) is 5.78 Å². The smallest absolute Gasteiger partial charge is 0.210 e. The number of anilines is 2. The van der Waals surface area contributed by atoms with Crippen LogP contribution >= 0.6 is 0 Å². The molecule has 160 valence electrons. The number of benzene rings is 2. The van der Waals surface area contributed by atoms with Gasteiger partial charge in [-0.25, -0.2) is 0 Å². The zero-order valence-electron chi connectivity index (χ0n) is 19.0. The minimum atomic E-state index is -0.740. The van der Waals surface area contributed by atoms with E-state index in [4.69, 9.17) is 9.47 Å². The van der Waals surface area contributed by atoms with Gasteiger partial charge in [0.05, 0.1) is 12.7 Å². The molecule has 1 unspecified atom stereocenters. The number of piperazine rings is 1. The molecular weight excluding hydrogens is 376 g/mol. The van der Waals surface area contributed by atoms with Crippen molar-refractivity contribution in [1.29, 1.82) is 0 Å². The standard InChI is InChI=1S/C25H32N2O3/c1-7-25(5)24(28)21-18(4)22(16(2)17(3)23(21)30-25)27-14-12-26(13-15-27)19-8-10-20(29-6)11-9-19/h8-11H,7,12-15H2,1-6H3. The first kappa shape index (κ1) is 20.6. The van der Waals surface area contributed by atoms with Crippen LogP contribution in [-0.2, 0) is 0 Å². The fourth-order valence-electron chi connectivity index (χ4n) is 4.73. The third-order valence-electron chi connectivity index (χ3n) is 6.96. The van der Waals surface area contributed by atoms with E-state index in [1.54, 1.807) is 7.11 Å². The van der Waals surface area contributed by atoms with Gasteiger partial charge in [-0.1, -0.05) is 6.92 Å². The SMILES string of the molecule is CCC1(C)Oc2c(C)c(C)c(N3CCN(c4ccc(OC)cc4)CC3)c(C)c2C1=O. The summed E-state index contributed by atoms with van der Waals surface area (Å²) in [7, 11) is 1.69. The van der Waals surface area contributed by atoms with Gasteiger partial charge < -0.3 is 19.3 Å². The molecule has 0 saturated carbocycles. The number of carbonyl (C=O) groups excluding carboxylic acids is 1. The lowest BCUT2D eigenvalue weighted by Gasteiger charge is -2.39. The average molecular weight is 409 g/mol. The van der Waals surface area contributed by atoms with Gasteiger partial charge >= 0.3 is 0 Å². The van der Waals surface area contributed by atoms with E-state index < -0.39 is 5.60 Å². The van der Waals surface area contributed by atoms with Gasteiger partial charge in [0.1, 0.15) is 11.5 Å². The van der Waals surface area contributed by atoms with Crippen LogP contribution in [-0.4, -0.2) is 44.7 Å². The largest absolute Gasteiger partial charge is 0.497 e. The number of hydrogen-bond donors (Lipinski definition) is 0. The normalized spacial score (nSPS) is 20.9. The minimum Gasteiger partial charge on any atom is -0.497 e. The summed E-state index contributed by atoms with van der Waals surface area (Å²) >= 11 is 0. The second-order valence-corrected chi connectivity index (χ2v) is 8.62. The highest BCUT2D eigenvalue weighted by Crippen LogP contribution is 2.46. The summed E-state index contributed by atoms with van der Waals surface area (Å²) in [4.78, 5) is 18.0. The molecule has 0 spiro atoms. The van der Waals surface area contributed by atoms with Crippen LogP contribution in [0, 0.1) is 20.8 Å². The summed E-state index contributed by atoms with van der Waals surface area (Å²) < 4.78 is 11.5. The van der Waals surface area contributed by atoms with Gasteiger partial charge in [-0.3, -0.25) is 4.79 Å². The summed E-state index contributed by atoms with van der Waals surface area (Å²) in [6.07, 6.45) is 0.675. The molecule has 2 aliphatic heterocycles. The highest BCUT2D eigenvalue weighted by atomic mass is 16.5. The van der Waals surface area contributed by atoms with Crippen LogP contribution in [0.3, 0.4) is 0 Å². The van der Waals surface area contributed by atoms with Crippen molar-refractivity contribution in [3.63, 3.8) is 0 Å². The van der Waals surface area contributed by atoms with E-state index in [0.29, 0.717) is 6.42 Å². The Balaban J connectivity index is 1.60. The first-order chi connectivity index (χ1) is 14.3. The van der Waals surface area contributed by atoms with E-state index in [9.17, 15) is 4.79 Å². The Kier molecular flexibility index (Phi) is 5.16. The fraction of sp³-hybridized carbons (Fsp3) is 0.480. The lowest BCUT2D eigenvalue weighted by atomic mass is 9.89. The van der Waals surface area contributed by atoms with Gasteiger partial charge in [0, 0.05) is 37.6 Å². The zero-order valence-corrected chi connectivity index (χ0v) is 19.0. The number of fused-ring (bicyclic) bond motifs is 1. The molecule has 30 heavy (non-hydrogen) atoms. The van der Waals surface area contributed by atoms with Crippen LogP contribution in [0.5, 0.6) is 11.5 Å². The van der Waals surface area contributed by atoms with Gasteiger partial charge in [0.25, 0.3) is 0 Å². The van der Waals surface area contributed by atoms with Gasteiger partial charge in [-0.05, 0) is 75.1 Å². The van der Waals surface area contributed by atoms with Crippen LogP contribution in [0.25, 0.3) is 0 Å². The molecule has 5 heteroatoms. The molecule has 2 aromatic rings. The summed E-state index contributed by atoms with van der Waals surface area (Å²) in [6, 6.07) is 8.25. The van der Waals surface area contributed by atoms with Crippen molar-refractivity contribution < 1.29 is 14.3 Å². The number of hydrogen-bond acceptors (Lipinski definition) is 5. The number of ketones is 1. The highest BCUT2D eigenvalue weighted by Gasteiger charge is 2.45. The van der Waals surface area contributed by atoms with E-state index in [-0.39, 0.29) is 5.78 Å².